The first-order valence-corrected chi connectivity index (χ1v) is 8.65. The third-order valence-corrected chi connectivity index (χ3v) is 5.70. The van der Waals surface area contributed by atoms with Crippen LogP contribution in [0.3, 0.4) is 0 Å². The fraction of sp³-hybridized carbons (Fsp3) is 0.714. The minimum Gasteiger partial charge on any atom is -0.464 e. The second-order valence-electron chi connectivity index (χ2n) is 5.71. The van der Waals surface area contributed by atoms with E-state index in [0.717, 1.165) is 6.42 Å². The zero-order chi connectivity index (χ0) is 15.6. The molecule has 1 unspecified atom stereocenters. The molecule has 0 aliphatic carbocycles. The molecule has 120 valence electrons. The Balaban J connectivity index is 2.19. The number of ether oxygens (including phenoxy) is 1. The Hall–Kier alpha value is -0.890. The second-order valence-corrected chi connectivity index (χ2v) is 7.67. The van der Waals surface area contributed by atoms with Crippen molar-refractivity contribution in [1.29, 1.82) is 0 Å². The molecule has 0 radical (unpaired) electrons. The maximum absolute atomic E-state index is 12.7. The van der Waals surface area contributed by atoms with Crippen LogP contribution in [0.4, 0.5) is 0 Å². The third kappa shape index (κ3) is 3.66. The highest BCUT2D eigenvalue weighted by Crippen LogP contribution is 2.26. The van der Waals surface area contributed by atoms with Gasteiger partial charge in [0.25, 0.3) is 0 Å². The molecule has 0 amide bonds. The Kier molecular flexibility index (Phi) is 5.08. The van der Waals surface area contributed by atoms with Crippen LogP contribution in [-0.4, -0.2) is 45.1 Å². The Bertz CT molecular complexity index is 574. The number of hydrogen-bond acceptors (Lipinski definition) is 5. The lowest BCUT2D eigenvalue weighted by Crippen LogP contribution is -2.37. The first-order valence-electron chi connectivity index (χ1n) is 7.21. The lowest BCUT2D eigenvalue weighted by Gasteiger charge is -2.21. The van der Waals surface area contributed by atoms with Crippen LogP contribution in [0.2, 0.25) is 0 Å². The van der Waals surface area contributed by atoms with Crippen LogP contribution < -0.4 is 5.32 Å². The molecule has 0 aromatic carbocycles. The number of rotatable bonds is 6. The zero-order valence-electron chi connectivity index (χ0n) is 13.0. The van der Waals surface area contributed by atoms with Crippen LogP contribution >= 0.6 is 0 Å². The van der Waals surface area contributed by atoms with Gasteiger partial charge in [-0.3, -0.25) is 0 Å². The first kappa shape index (κ1) is 16.5. The summed E-state index contributed by atoms with van der Waals surface area (Å²) in [5.74, 6) is 1.07. The van der Waals surface area contributed by atoms with E-state index < -0.39 is 10.0 Å². The Labute approximate surface area is 126 Å². The van der Waals surface area contributed by atoms with Gasteiger partial charge in [0, 0.05) is 25.8 Å². The molecule has 2 heterocycles. The Morgan fingerprint density at radius 3 is 2.76 bits per heavy atom. The van der Waals surface area contributed by atoms with Crippen molar-refractivity contribution in [2.45, 2.75) is 50.7 Å². The van der Waals surface area contributed by atoms with Crippen molar-refractivity contribution in [1.82, 2.24) is 9.62 Å². The van der Waals surface area contributed by atoms with Gasteiger partial charge in [-0.1, -0.05) is 13.8 Å². The van der Waals surface area contributed by atoms with Crippen LogP contribution in [0, 0.1) is 6.92 Å². The van der Waals surface area contributed by atoms with Gasteiger partial charge >= 0.3 is 0 Å². The summed E-state index contributed by atoms with van der Waals surface area (Å²) in [7, 11) is -1.93. The number of nitrogens with one attached hydrogen (secondary N) is 1. The molecular weight excluding hydrogens is 292 g/mol. The lowest BCUT2D eigenvalue weighted by atomic mass is 10.3. The smallest absolute Gasteiger partial charge is 0.246 e. The van der Waals surface area contributed by atoms with Crippen LogP contribution in [0.5, 0.6) is 0 Å². The fourth-order valence-electron chi connectivity index (χ4n) is 2.33. The molecule has 1 aliphatic rings. The van der Waals surface area contributed by atoms with E-state index in [1.807, 2.05) is 13.8 Å². The highest BCUT2D eigenvalue weighted by molar-refractivity contribution is 7.89. The van der Waals surface area contributed by atoms with E-state index in [-0.39, 0.29) is 10.9 Å². The Morgan fingerprint density at radius 2 is 2.19 bits per heavy atom. The number of furan rings is 1. The first-order chi connectivity index (χ1) is 9.82. The highest BCUT2D eigenvalue weighted by atomic mass is 32.2. The van der Waals surface area contributed by atoms with Gasteiger partial charge in [0.1, 0.15) is 16.4 Å². The molecule has 1 N–H and O–H groups in total. The Morgan fingerprint density at radius 1 is 1.48 bits per heavy atom. The quantitative estimate of drug-likeness (QED) is 0.861. The number of hydrogen-bond donors (Lipinski definition) is 1. The van der Waals surface area contributed by atoms with Crippen molar-refractivity contribution in [2.24, 2.45) is 0 Å². The summed E-state index contributed by atoms with van der Waals surface area (Å²) >= 11 is 0. The molecule has 0 spiro atoms. The van der Waals surface area contributed by atoms with E-state index >= 15 is 0 Å². The van der Waals surface area contributed by atoms with Crippen molar-refractivity contribution in [3.8, 4) is 0 Å². The van der Waals surface area contributed by atoms with Crippen LogP contribution in [0.25, 0.3) is 0 Å². The average Bonchev–Trinajstić information content (AvgIpc) is 3.04. The van der Waals surface area contributed by atoms with Crippen LogP contribution in [0.1, 0.15) is 31.8 Å². The van der Waals surface area contributed by atoms with E-state index in [2.05, 4.69) is 5.32 Å². The number of likely N-dealkylation sites (N-methyl/N-ethyl adjacent to an activating group) is 1. The molecule has 0 bridgehead atoms. The molecule has 1 aromatic rings. The summed E-state index contributed by atoms with van der Waals surface area (Å²) in [5, 5.41) is 3.22. The van der Waals surface area contributed by atoms with Crippen molar-refractivity contribution in [3.05, 3.63) is 17.6 Å². The maximum atomic E-state index is 12.7. The van der Waals surface area contributed by atoms with Gasteiger partial charge in [0.05, 0.1) is 19.2 Å². The standard InChI is InChI=1S/C14H24N2O4S/c1-10(2)15-8-13-7-14(11(3)20-13)21(17,18)16(4)12-5-6-19-9-12/h7,10,12,15H,5-6,8-9H2,1-4H3. The van der Waals surface area contributed by atoms with Gasteiger partial charge in [-0.15, -0.1) is 0 Å². The summed E-state index contributed by atoms with van der Waals surface area (Å²) in [6.45, 7) is 7.32. The fourth-order valence-corrected chi connectivity index (χ4v) is 3.89. The third-order valence-electron chi connectivity index (χ3n) is 3.68. The molecule has 1 atom stereocenters. The minimum absolute atomic E-state index is 0.0958. The monoisotopic (exact) mass is 316 g/mol. The average molecular weight is 316 g/mol. The predicted octanol–water partition coefficient (Wildman–Crippen LogP) is 1.50. The summed E-state index contributed by atoms with van der Waals surface area (Å²) in [5.41, 5.74) is 0. The van der Waals surface area contributed by atoms with Gasteiger partial charge in [-0.2, -0.15) is 4.31 Å². The SMILES string of the molecule is Cc1oc(CNC(C)C)cc1S(=O)(=O)N(C)C1CCOC1. The molecular formula is C14H24N2O4S. The van der Waals surface area contributed by atoms with Gasteiger partial charge < -0.3 is 14.5 Å². The van der Waals surface area contributed by atoms with E-state index in [0.29, 0.717) is 37.3 Å². The van der Waals surface area contributed by atoms with E-state index in [9.17, 15) is 8.42 Å². The van der Waals surface area contributed by atoms with Gasteiger partial charge in [-0.25, -0.2) is 8.42 Å². The normalized spacial score (nSPS) is 19.8. The molecule has 6 nitrogen and oxygen atoms in total. The van der Waals surface area contributed by atoms with Crippen molar-refractivity contribution in [3.63, 3.8) is 0 Å². The minimum atomic E-state index is -3.54. The van der Waals surface area contributed by atoms with E-state index in [1.54, 1.807) is 20.0 Å². The summed E-state index contributed by atoms with van der Waals surface area (Å²) in [6.07, 6.45) is 0.731. The van der Waals surface area contributed by atoms with Gasteiger partial charge in [0.2, 0.25) is 10.0 Å². The maximum Gasteiger partial charge on any atom is 0.246 e. The predicted molar refractivity (Wildman–Crippen MR) is 79.6 cm³/mol. The van der Waals surface area contributed by atoms with Crippen molar-refractivity contribution >= 4 is 10.0 Å². The largest absolute Gasteiger partial charge is 0.464 e. The summed E-state index contributed by atoms with van der Waals surface area (Å²) in [4.78, 5) is 0.248. The molecule has 1 saturated heterocycles. The molecule has 2 rings (SSSR count). The number of aryl methyl sites for hydroxylation is 1. The number of sulfonamides is 1. The van der Waals surface area contributed by atoms with Crippen LogP contribution in [-0.2, 0) is 21.3 Å². The number of nitrogens with zero attached hydrogens (tertiary/aromatic N) is 1. The molecule has 1 aromatic heterocycles. The van der Waals surface area contributed by atoms with Gasteiger partial charge in [0.15, 0.2) is 0 Å². The summed E-state index contributed by atoms with van der Waals surface area (Å²) in [6, 6.07) is 1.84. The van der Waals surface area contributed by atoms with E-state index in [4.69, 9.17) is 9.15 Å². The molecule has 1 aliphatic heterocycles. The molecule has 0 saturated carbocycles. The second kappa shape index (κ2) is 6.48. The lowest BCUT2D eigenvalue weighted by molar-refractivity contribution is 0.181. The van der Waals surface area contributed by atoms with Crippen LogP contribution in [0.15, 0.2) is 15.4 Å². The molecule has 7 heteroatoms. The van der Waals surface area contributed by atoms with Crippen molar-refractivity contribution < 1.29 is 17.6 Å². The zero-order valence-corrected chi connectivity index (χ0v) is 13.9. The van der Waals surface area contributed by atoms with Crippen molar-refractivity contribution in [2.75, 3.05) is 20.3 Å². The summed E-state index contributed by atoms with van der Waals surface area (Å²) < 4.78 is 37.6. The van der Waals surface area contributed by atoms with Gasteiger partial charge in [-0.05, 0) is 13.3 Å². The molecule has 21 heavy (non-hydrogen) atoms. The van der Waals surface area contributed by atoms with E-state index in [1.165, 1.54) is 4.31 Å². The topological polar surface area (TPSA) is 71.8 Å². The highest BCUT2D eigenvalue weighted by Gasteiger charge is 2.33. The molecule has 1 fully saturated rings.